The Bertz CT molecular complexity index is 550. The highest BCUT2D eigenvalue weighted by molar-refractivity contribution is 7.85. The van der Waals surface area contributed by atoms with Crippen molar-refractivity contribution in [3.05, 3.63) is 23.8 Å². The molecular weight excluding hydrogens is 310 g/mol. The van der Waals surface area contributed by atoms with Gasteiger partial charge in [0.2, 0.25) is 0 Å². The van der Waals surface area contributed by atoms with Crippen molar-refractivity contribution in [3.8, 4) is 11.5 Å². The summed E-state index contributed by atoms with van der Waals surface area (Å²) in [6.07, 6.45) is 0.794. The maximum Gasteiger partial charge on any atom is 0.261 e. The molecule has 0 radical (unpaired) electrons. The van der Waals surface area contributed by atoms with E-state index in [-0.39, 0.29) is 23.6 Å². The molecule has 2 atom stereocenters. The molecule has 8 heteroatoms. The van der Waals surface area contributed by atoms with E-state index in [1.165, 1.54) is 12.1 Å². The molecule has 0 aromatic heterocycles. The highest BCUT2D eigenvalue weighted by Gasteiger charge is 2.20. The van der Waals surface area contributed by atoms with Crippen molar-refractivity contribution in [1.29, 1.82) is 0 Å². The maximum atomic E-state index is 10.2. The summed E-state index contributed by atoms with van der Waals surface area (Å²) >= 11 is 0. The number of aliphatic hydroxyl groups excluding tert-OH is 1. The Labute approximate surface area is 131 Å². The molecule has 0 spiro atoms. The van der Waals surface area contributed by atoms with Crippen LogP contribution in [0.5, 0.6) is 11.5 Å². The molecule has 0 heterocycles. The van der Waals surface area contributed by atoms with Crippen LogP contribution in [0.3, 0.4) is 0 Å². The summed E-state index contributed by atoms with van der Waals surface area (Å²) in [5.74, 6) is -0.383. The summed E-state index contributed by atoms with van der Waals surface area (Å²) in [6, 6.07) is 4.60. The fourth-order valence-corrected chi connectivity index (χ4v) is 1.82. The van der Waals surface area contributed by atoms with Crippen molar-refractivity contribution in [1.82, 2.24) is 5.32 Å². The summed E-state index contributed by atoms with van der Waals surface area (Å²) < 4.78 is 25.9. The largest absolute Gasteiger partial charge is 0.504 e. The van der Waals surface area contributed by atoms with Crippen molar-refractivity contribution in [2.75, 3.05) is 6.26 Å². The first-order valence-electron chi connectivity index (χ1n) is 6.84. The Hall–Kier alpha value is -1.35. The van der Waals surface area contributed by atoms with E-state index in [0.29, 0.717) is 11.8 Å². The molecule has 128 valence electrons. The number of hydrogen-bond donors (Lipinski definition) is 5. The maximum absolute atomic E-state index is 10.2. The summed E-state index contributed by atoms with van der Waals surface area (Å²) in [7, 11) is -3.67. The highest BCUT2D eigenvalue weighted by Crippen LogP contribution is 2.29. The van der Waals surface area contributed by atoms with Crippen LogP contribution in [0.15, 0.2) is 18.2 Å². The van der Waals surface area contributed by atoms with Crippen LogP contribution in [0, 0.1) is 0 Å². The third kappa shape index (κ3) is 8.83. The number of phenolic OH excluding ortho intramolecular Hbond substituents is 2. The summed E-state index contributed by atoms with van der Waals surface area (Å²) in [6.45, 7) is 6.02. The molecule has 7 nitrogen and oxygen atoms in total. The van der Waals surface area contributed by atoms with E-state index >= 15 is 0 Å². The van der Waals surface area contributed by atoms with Crippen LogP contribution >= 0.6 is 0 Å². The van der Waals surface area contributed by atoms with Gasteiger partial charge in [-0.2, -0.15) is 8.42 Å². The molecule has 0 bridgehead atoms. The Kier molecular flexibility index (Phi) is 8.39. The number of hydrogen-bond acceptors (Lipinski definition) is 6. The molecule has 1 aromatic carbocycles. The summed E-state index contributed by atoms with van der Waals surface area (Å²) in [5, 5.41) is 32.1. The Morgan fingerprint density at radius 3 is 2.05 bits per heavy atom. The topological polar surface area (TPSA) is 127 Å². The van der Waals surface area contributed by atoms with Gasteiger partial charge < -0.3 is 20.6 Å². The predicted molar refractivity (Wildman–Crippen MR) is 84.6 cm³/mol. The van der Waals surface area contributed by atoms with Crippen LogP contribution in [0.25, 0.3) is 0 Å². The first-order valence-corrected chi connectivity index (χ1v) is 8.69. The molecule has 0 saturated heterocycles. The molecule has 0 aliphatic heterocycles. The second-order valence-corrected chi connectivity index (χ2v) is 6.73. The average Bonchev–Trinajstić information content (AvgIpc) is 2.36. The predicted octanol–water partition coefficient (Wildman–Crippen LogP) is 1.41. The van der Waals surface area contributed by atoms with Gasteiger partial charge in [-0.05, 0) is 24.1 Å². The van der Waals surface area contributed by atoms with Crippen molar-refractivity contribution < 1.29 is 28.3 Å². The van der Waals surface area contributed by atoms with Gasteiger partial charge in [-0.15, -0.1) is 0 Å². The number of aliphatic hydroxyl groups is 1. The minimum atomic E-state index is -3.67. The van der Waals surface area contributed by atoms with Crippen molar-refractivity contribution in [2.24, 2.45) is 0 Å². The molecule has 1 rings (SSSR count). The Morgan fingerprint density at radius 1 is 1.18 bits per heavy atom. The van der Waals surface area contributed by atoms with Gasteiger partial charge in [0.15, 0.2) is 11.5 Å². The third-order valence-electron chi connectivity index (χ3n) is 2.71. The van der Waals surface area contributed by atoms with E-state index in [4.69, 9.17) is 4.55 Å². The number of phenols is 2. The smallest absolute Gasteiger partial charge is 0.261 e. The molecule has 0 aliphatic rings. The van der Waals surface area contributed by atoms with Crippen LogP contribution in [0.2, 0.25) is 0 Å². The van der Waals surface area contributed by atoms with Gasteiger partial charge in [0, 0.05) is 12.1 Å². The van der Waals surface area contributed by atoms with Crippen molar-refractivity contribution in [2.45, 2.75) is 45.4 Å². The molecule has 1 aromatic rings. The SMILES string of the molecule is CC[C@H](NC(C)C)[C@H](O)c1ccc(O)c(O)c1.CS(=O)(=O)O. The second kappa shape index (κ2) is 8.94. The average molecular weight is 335 g/mol. The van der Waals surface area contributed by atoms with Crippen LogP contribution in [0.1, 0.15) is 38.9 Å². The lowest BCUT2D eigenvalue weighted by atomic mass is 9.99. The lowest BCUT2D eigenvalue weighted by Crippen LogP contribution is -2.38. The van der Waals surface area contributed by atoms with Gasteiger partial charge in [0.1, 0.15) is 0 Å². The van der Waals surface area contributed by atoms with E-state index < -0.39 is 16.2 Å². The number of benzene rings is 1. The van der Waals surface area contributed by atoms with E-state index in [1.807, 2.05) is 20.8 Å². The molecular formula is C14H25NO6S. The first kappa shape index (κ1) is 20.6. The number of aromatic hydroxyl groups is 2. The lowest BCUT2D eigenvalue weighted by Gasteiger charge is -2.25. The normalized spacial score (nSPS) is 14.1. The minimum absolute atomic E-state index is 0.0704. The van der Waals surface area contributed by atoms with Crippen molar-refractivity contribution >= 4 is 10.1 Å². The highest BCUT2D eigenvalue weighted by atomic mass is 32.2. The van der Waals surface area contributed by atoms with Gasteiger partial charge in [-0.25, -0.2) is 0 Å². The summed E-state index contributed by atoms with van der Waals surface area (Å²) in [4.78, 5) is 0. The monoisotopic (exact) mass is 335 g/mol. The molecule has 22 heavy (non-hydrogen) atoms. The van der Waals surface area contributed by atoms with E-state index in [2.05, 4.69) is 5.32 Å². The molecule has 0 aliphatic carbocycles. The quantitative estimate of drug-likeness (QED) is 0.407. The van der Waals surface area contributed by atoms with E-state index in [1.54, 1.807) is 6.07 Å². The zero-order valence-corrected chi connectivity index (χ0v) is 14.0. The lowest BCUT2D eigenvalue weighted by molar-refractivity contribution is 0.121. The Morgan fingerprint density at radius 2 is 1.68 bits per heavy atom. The van der Waals surface area contributed by atoms with Crippen LogP contribution < -0.4 is 5.32 Å². The number of rotatable bonds is 5. The van der Waals surface area contributed by atoms with Crippen LogP contribution in [0.4, 0.5) is 0 Å². The minimum Gasteiger partial charge on any atom is -0.504 e. The van der Waals surface area contributed by atoms with Gasteiger partial charge in [-0.3, -0.25) is 4.55 Å². The standard InChI is InChI=1S/C13H21NO3.CH4O3S/c1-4-10(14-8(2)3)13(17)9-5-6-11(15)12(16)7-9;1-5(2,3)4/h5-8,10,13-17H,4H2,1-3H3;1H3,(H,2,3,4)/t10-,13+;/m0./s1. The van der Waals surface area contributed by atoms with E-state index in [9.17, 15) is 23.7 Å². The fourth-order valence-electron chi connectivity index (χ4n) is 1.82. The van der Waals surface area contributed by atoms with Crippen LogP contribution in [-0.2, 0) is 10.1 Å². The van der Waals surface area contributed by atoms with Crippen LogP contribution in [-0.4, -0.2) is 46.6 Å². The fraction of sp³-hybridized carbons (Fsp3) is 0.571. The van der Waals surface area contributed by atoms with Gasteiger partial charge in [-0.1, -0.05) is 26.8 Å². The third-order valence-corrected chi connectivity index (χ3v) is 2.71. The molecule has 5 N–H and O–H groups in total. The number of nitrogens with one attached hydrogen (secondary N) is 1. The molecule has 0 unspecified atom stereocenters. The van der Waals surface area contributed by atoms with Gasteiger partial charge >= 0.3 is 0 Å². The summed E-state index contributed by atoms with van der Waals surface area (Å²) in [5.41, 5.74) is 0.598. The molecule has 0 fully saturated rings. The Balaban J connectivity index is 0.000000763. The van der Waals surface area contributed by atoms with E-state index in [0.717, 1.165) is 6.42 Å². The molecule has 0 amide bonds. The first-order chi connectivity index (χ1) is 9.95. The second-order valence-electron chi connectivity index (χ2n) is 5.26. The van der Waals surface area contributed by atoms with Gasteiger partial charge in [0.25, 0.3) is 10.1 Å². The van der Waals surface area contributed by atoms with Crippen molar-refractivity contribution in [3.63, 3.8) is 0 Å². The zero-order chi connectivity index (χ0) is 17.5. The molecule has 0 saturated carbocycles. The zero-order valence-electron chi connectivity index (χ0n) is 13.2. The van der Waals surface area contributed by atoms with Gasteiger partial charge in [0.05, 0.1) is 12.4 Å².